The summed E-state index contributed by atoms with van der Waals surface area (Å²) in [4.78, 5) is 2.38. The Balaban J connectivity index is 0.00000128. The van der Waals surface area contributed by atoms with Crippen LogP contribution in [-0.2, 0) is 9.84 Å². The molecule has 2 unspecified atom stereocenters. The molecule has 16 heavy (non-hydrogen) atoms. The Morgan fingerprint density at radius 2 is 2.12 bits per heavy atom. The molecule has 1 saturated heterocycles. The predicted octanol–water partition coefficient (Wildman–Crippen LogP) is -1.43. The van der Waals surface area contributed by atoms with E-state index in [4.69, 9.17) is 0 Å². The highest BCUT2D eigenvalue weighted by atomic mass is 35.5. The molecule has 0 radical (unpaired) electrons. The van der Waals surface area contributed by atoms with Crippen molar-refractivity contribution in [2.24, 2.45) is 0 Å². The van der Waals surface area contributed by atoms with Crippen molar-refractivity contribution in [3.05, 3.63) is 11.5 Å². The van der Waals surface area contributed by atoms with E-state index < -0.39 is 9.84 Å². The number of halogens is 1. The molecule has 0 amide bonds. The van der Waals surface area contributed by atoms with Crippen molar-refractivity contribution >= 4 is 9.84 Å². The monoisotopic (exact) mass is 264 g/mol. The third kappa shape index (κ3) is 2.99. The van der Waals surface area contributed by atoms with Crippen molar-refractivity contribution in [1.29, 1.82) is 0 Å². The maximum Gasteiger partial charge on any atom is 0.173 e. The molecular weight excluding hydrogens is 246 g/mol. The molecule has 0 spiro atoms. The molecule has 5 heteroatoms. The molecule has 0 bridgehead atoms. The van der Waals surface area contributed by atoms with Crippen molar-refractivity contribution in [3.8, 4) is 0 Å². The zero-order valence-electron chi connectivity index (χ0n) is 9.60. The Bertz CT molecular complexity index is 353. The zero-order valence-corrected chi connectivity index (χ0v) is 11.2. The molecule has 1 fully saturated rings. The van der Waals surface area contributed by atoms with Crippen LogP contribution in [0.4, 0.5) is 0 Å². The van der Waals surface area contributed by atoms with Gasteiger partial charge in [0.1, 0.15) is 0 Å². The Hall–Kier alpha value is -0.0600. The maximum atomic E-state index is 11.4. The predicted molar refractivity (Wildman–Crippen MR) is 61.4 cm³/mol. The fraction of sp³-hybridized carbons (Fsp3) is 0.818. The SMILES string of the molecule is CCC1CCCCN1C1C=CS(=O)(=O)C1.[Cl-]. The highest BCUT2D eigenvalue weighted by Crippen LogP contribution is 2.25. The second-order valence-corrected chi connectivity index (χ2v) is 6.45. The lowest BCUT2D eigenvalue weighted by Crippen LogP contribution is -3.00. The van der Waals surface area contributed by atoms with Gasteiger partial charge in [0, 0.05) is 17.5 Å². The van der Waals surface area contributed by atoms with E-state index in [-0.39, 0.29) is 18.4 Å². The topological polar surface area (TPSA) is 37.4 Å². The summed E-state index contributed by atoms with van der Waals surface area (Å²) in [6.07, 6.45) is 6.72. The first-order valence-electron chi connectivity index (χ1n) is 5.79. The minimum Gasteiger partial charge on any atom is -1.00 e. The van der Waals surface area contributed by atoms with Crippen LogP contribution >= 0.6 is 0 Å². The first-order valence-corrected chi connectivity index (χ1v) is 7.50. The van der Waals surface area contributed by atoms with Gasteiger partial charge in [-0.05, 0) is 25.8 Å². The number of sulfone groups is 1. The van der Waals surface area contributed by atoms with Gasteiger partial charge in [0.25, 0.3) is 0 Å². The van der Waals surface area contributed by atoms with Crippen LogP contribution in [0.15, 0.2) is 11.5 Å². The van der Waals surface area contributed by atoms with Crippen molar-refractivity contribution in [2.45, 2.75) is 44.7 Å². The Labute approximate surface area is 104 Å². The average Bonchev–Trinajstić information content (AvgIpc) is 2.59. The van der Waals surface area contributed by atoms with Gasteiger partial charge in [0.15, 0.2) is 9.84 Å². The van der Waals surface area contributed by atoms with Gasteiger partial charge in [0.05, 0.1) is 5.75 Å². The van der Waals surface area contributed by atoms with E-state index in [9.17, 15) is 8.42 Å². The Morgan fingerprint density at radius 1 is 1.38 bits per heavy atom. The summed E-state index contributed by atoms with van der Waals surface area (Å²) in [5, 5.41) is 1.39. The number of likely N-dealkylation sites (tertiary alicyclic amines) is 1. The van der Waals surface area contributed by atoms with E-state index in [0.717, 1.165) is 13.0 Å². The zero-order chi connectivity index (χ0) is 10.9. The summed E-state index contributed by atoms with van der Waals surface area (Å²) >= 11 is 0. The minimum absolute atomic E-state index is 0. The van der Waals surface area contributed by atoms with Gasteiger partial charge in [-0.3, -0.25) is 4.90 Å². The second-order valence-electron chi connectivity index (χ2n) is 4.52. The third-order valence-electron chi connectivity index (χ3n) is 3.48. The van der Waals surface area contributed by atoms with Gasteiger partial charge in [0.2, 0.25) is 0 Å². The van der Waals surface area contributed by atoms with E-state index >= 15 is 0 Å². The number of hydrogen-bond donors (Lipinski definition) is 0. The number of piperidine rings is 1. The molecule has 2 aliphatic rings. The smallest absolute Gasteiger partial charge is 0.173 e. The van der Waals surface area contributed by atoms with Gasteiger partial charge in [-0.25, -0.2) is 8.42 Å². The summed E-state index contributed by atoms with van der Waals surface area (Å²) in [5.41, 5.74) is 0. The molecule has 0 aromatic carbocycles. The normalized spacial score (nSPS) is 33.6. The van der Waals surface area contributed by atoms with Gasteiger partial charge >= 0.3 is 0 Å². The first-order chi connectivity index (χ1) is 7.12. The Kier molecular flexibility index (Phi) is 4.83. The van der Waals surface area contributed by atoms with E-state index in [1.807, 2.05) is 6.08 Å². The van der Waals surface area contributed by atoms with Crippen molar-refractivity contribution in [2.75, 3.05) is 12.3 Å². The van der Waals surface area contributed by atoms with Crippen molar-refractivity contribution in [1.82, 2.24) is 4.90 Å². The molecule has 2 atom stereocenters. The highest BCUT2D eigenvalue weighted by molar-refractivity contribution is 7.94. The number of rotatable bonds is 2. The number of hydrogen-bond acceptors (Lipinski definition) is 3. The molecular formula is C11H19ClNO2S-. The van der Waals surface area contributed by atoms with Gasteiger partial charge in [-0.15, -0.1) is 0 Å². The Morgan fingerprint density at radius 3 is 2.69 bits per heavy atom. The number of nitrogens with zero attached hydrogens (tertiary/aromatic N) is 1. The average molecular weight is 265 g/mol. The molecule has 0 saturated carbocycles. The fourth-order valence-electron chi connectivity index (χ4n) is 2.66. The van der Waals surface area contributed by atoms with E-state index in [0.29, 0.717) is 11.8 Å². The lowest BCUT2D eigenvalue weighted by Gasteiger charge is -2.38. The molecule has 2 aliphatic heterocycles. The van der Waals surface area contributed by atoms with E-state index in [1.165, 1.54) is 24.7 Å². The quantitative estimate of drug-likeness (QED) is 0.614. The summed E-state index contributed by atoms with van der Waals surface area (Å²) < 4.78 is 22.7. The van der Waals surface area contributed by atoms with Crippen molar-refractivity contribution < 1.29 is 20.8 Å². The van der Waals surface area contributed by atoms with Crippen LogP contribution in [0.3, 0.4) is 0 Å². The molecule has 2 rings (SSSR count). The van der Waals surface area contributed by atoms with Crippen LogP contribution in [0.25, 0.3) is 0 Å². The molecule has 3 nitrogen and oxygen atoms in total. The molecule has 0 aromatic heterocycles. The van der Waals surface area contributed by atoms with Crippen LogP contribution < -0.4 is 12.4 Å². The van der Waals surface area contributed by atoms with Crippen LogP contribution in [0.5, 0.6) is 0 Å². The fourth-order valence-corrected chi connectivity index (χ4v) is 3.97. The summed E-state index contributed by atoms with van der Waals surface area (Å²) in [5.74, 6) is 0.295. The minimum atomic E-state index is -2.90. The molecule has 0 aromatic rings. The van der Waals surface area contributed by atoms with Crippen LogP contribution in [0.2, 0.25) is 0 Å². The van der Waals surface area contributed by atoms with E-state index in [1.54, 1.807) is 0 Å². The maximum absolute atomic E-state index is 11.4. The lowest BCUT2D eigenvalue weighted by atomic mass is 9.98. The van der Waals surface area contributed by atoms with E-state index in [2.05, 4.69) is 11.8 Å². The van der Waals surface area contributed by atoms with Gasteiger partial charge < -0.3 is 12.4 Å². The van der Waals surface area contributed by atoms with Crippen molar-refractivity contribution in [3.63, 3.8) is 0 Å². The third-order valence-corrected chi connectivity index (χ3v) is 4.86. The standard InChI is InChI=1S/C11H19NO2S.ClH/c1-2-10-5-3-4-7-12(10)11-6-8-15(13,14)9-11;/h6,8,10-11H,2-5,7,9H2,1H3;1H/p-1. The summed E-state index contributed by atoms with van der Waals surface area (Å²) in [6, 6.07) is 0.724. The summed E-state index contributed by atoms with van der Waals surface area (Å²) in [7, 11) is -2.90. The largest absolute Gasteiger partial charge is 1.00 e. The molecule has 0 N–H and O–H groups in total. The first kappa shape index (κ1) is 14.0. The highest BCUT2D eigenvalue weighted by Gasteiger charge is 2.32. The summed E-state index contributed by atoms with van der Waals surface area (Å²) in [6.45, 7) is 3.25. The van der Waals surface area contributed by atoms with Crippen LogP contribution in [0, 0.1) is 0 Å². The molecule has 94 valence electrons. The van der Waals surface area contributed by atoms with Crippen LogP contribution in [-0.4, -0.2) is 37.7 Å². The second kappa shape index (κ2) is 5.52. The van der Waals surface area contributed by atoms with Gasteiger partial charge in [-0.2, -0.15) is 0 Å². The molecule has 0 aliphatic carbocycles. The van der Waals surface area contributed by atoms with Crippen LogP contribution in [0.1, 0.15) is 32.6 Å². The van der Waals surface area contributed by atoms with Gasteiger partial charge in [-0.1, -0.05) is 19.4 Å². The lowest BCUT2D eigenvalue weighted by molar-refractivity contribution is -0.00000583. The molecule has 2 heterocycles.